The normalized spacial score (nSPS) is 23.9. The number of carbonyl (C=O) groups is 3. The predicted molar refractivity (Wildman–Crippen MR) is 88.9 cm³/mol. The summed E-state index contributed by atoms with van der Waals surface area (Å²) in [5.74, 6) is -2.09. The smallest absolute Gasteiger partial charge is 0.330 e. The van der Waals surface area contributed by atoms with Crippen molar-refractivity contribution in [2.45, 2.75) is 51.9 Å². The van der Waals surface area contributed by atoms with Crippen LogP contribution in [0.15, 0.2) is 15.8 Å². The highest BCUT2D eigenvalue weighted by Crippen LogP contribution is 2.33. The van der Waals surface area contributed by atoms with E-state index in [9.17, 15) is 29.1 Å². The maximum atomic E-state index is 12.2. The molecule has 0 amide bonds. The monoisotopic (exact) mass is 400 g/mol. The van der Waals surface area contributed by atoms with Gasteiger partial charge in [0.25, 0.3) is 5.56 Å². The number of hydrogen-bond donors (Lipinski definition) is 2. The number of carbonyl (C=O) groups excluding carboxylic acids is 3. The number of ether oxygens (including phenoxy) is 4. The van der Waals surface area contributed by atoms with Crippen molar-refractivity contribution in [1.29, 1.82) is 0 Å². The number of H-pyrrole nitrogens is 1. The van der Waals surface area contributed by atoms with Crippen molar-refractivity contribution in [1.82, 2.24) is 9.55 Å². The number of aromatic nitrogens is 2. The first-order chi connectivity index (χ1) is 13.1. The van der Waals surface area contributed by atoms with Gasteiger partial charge in [0, 0.05) is 27.0 Å². The summed E-state index contributed by atoms with van der Waals surface area (Å²) in [7, 11) is 0. The third-order valence-electron chi connectivity index (χ3n) is 3.83. The zero-order valence-corrected chi connectivity index (χ0v) is 15.4. The topological polar surface area (TPSA) is 163 Å². The van der Waals surface area contributed by atoms with Crippen molar-refractivity contribution in [2.24, 2.45) is 0 Å². The lowest BCUT2D eigenvalue weighted by Gasteiger charge is -2.24. The average Bonchev–Trinajstić information content (AvgIpc) is 2.89. The van der Waals surface area contributed by atoms with Crippen molar-refractivity contribution in [3.63, 3.8) is 0 Å². The van der Waals surface area contributed by atoms with Gasteiger partial charge in [-0.1, -0.05) is 0 Å². The summed E-state index contributed by atoms with van der Waals surface area (Å²) in [5.41, 5.74) is -1.84. The summed E-state index contributed by atoms with van der Waals surface area (Å²) in [6, 6.07) is 0. The van der Waals surface area contributed by atoms with Gasteiger partial charge in [-0.25, -0.2) is 4.79 Å². The Morgan fingerprint density at radius 1 is 1.11 bits per heavy atom. The van der Waals surface area contributed by atoms with Crippen LogP contribution in [0.2, 0.25) is 0 Å². The fraction of sp³-hybridized carbons (Fsp3) is 0.562. The first-order valence-electron chi connectivity index (χ1n) is 8.22. The van der Waals surface area contributed by atoms with Gasteiger partial charge >= 0.3 is 23.6 Å². The molecule has 2 heterocycles. The van der Waals surface area contributed by atoms with Gasteiger partial charge in [0.15, 0.2) is 18.4 Å². The third kappa shape index (κ3) is 4.84. The number of aliphatic hydroxyl groups excluding tert-OH is 1. The van der Waals surface area contributed by atoms with Crippen molar-refractivity contribution >= 4 is 17.9 Å². The van der Waals surface area contributed by atoms with E-state index in [2.05, 4.69) is 0 Å². The lowest BCUT2D eigenvalue weighted by molar-refractivity contribution is -0.166. The molecule has 154 valence electrons. The Morgan fingerprint density at radius 2 is 1.71 bits per heavy atom. The van der Waals surface area contributed by atoms with Gasteiger partial charge < -0.3 is 24.1 Å². The molecule has 0 saturated carbocycles. The summed E-state index contributed by atoms with van der Waals surface area (Å²) in [6.45, 7) is 2.39. The molecule has 2 N–H and O–H groups in total. The highest BCUT2D eigenvalue weighted by molar-refractivity contribution is 5.68. The molecule has 0 aromatic carbocycles. The summed E-state index contributed by atoms with van der Waals surface area (Å²) >= 11 is 0. The Labute approximate surface area is 158 Å². The zero-order chi connectivity index (χ0) is 21.0. The standard InChI is InChI=1S/C16H20N2O10/c1-7(20)25-6-11-12(26-8(2)21)13(27-9(3)22)15(28-11)18-4-10(5-19)14(23)17-16(18)24/h4,11-13,15,19H,5-6H2,1-3H3,(H,17,23,24)/t11-,12-,13-,15-/m1/s1. The molecule has 1 aromatic rings. The number of nitrogens with zero attached hydrogens (tertiary/aromatic N) is 1. The van der Waals surface area contributed by atoms with E-state index in [1.807, 2.05) is 4.98 Å². The van der Waals surface area contributed by atoms with Crippen molar-refractivity contribution in [2.75, 3.05) is 6.61 Å². The van der Waals surface area contributed by atoms with Crippen molar-refractivity contribution < 1.29 is 38.4 Å². The fourth-order valence-corrected chi connectivity index (χ4v) is 2.75. The quantitative estimate of drug-likeness (QED) is 0.418. The van der Waals surface area contributed by atoms with Crippen LogP contribution in [0.25, 0.3) is 0 Å². The maximum absolute atomic E-state index is 12.2. The molecule has 0 unspecified atom stereocenters. The van der Waals surface area contributed by atoms with E-state index in [-0.39, 0.29) is 12.2 Å². The van der Waals surface area contributed by atoms with Gasteiger partial charge in [-0.3, -0.25) is 28.7 Å². The predicted octanol–water partition coefficient (Wildman–Crippen LogP) is -1.65. The molecule has 12 nitrogen and oxygen atoms in total. The van der Waals surface area contributed by atoms with E-state index in [4.69, 9.17) is 18.9 Å². The minimum atomic E-state index is -1.32. The molecule has 2 rings (SSSR count). The minimum absolute atomic E-state index is 0.141. The Hall–Kier alpha value is -2.99. The zero-order valence-electron chi connectivity index (χ0n) is 15.4. The van der Waals surface area contributed by atoms with E-state index in [1.54, 1.807) is 0 Å². The molecular formula is C16H20N2O10. The van der Waals surface area contributed by atoms with Crippen LogP contribution in [0.4, 0.5) is 0 Å². The summed E-state index contributed by atoms with van der Waals surface area (Å²) in [4.78, 5) is 60.1. The maximum Gasteiger partial charge on any atom is 0.330 e. The van der Waals surface area contributed by atoms with Crippen LogP contribution in [0.5, 0.6) is 0 Å². The molecule has 1 fully saturated rings. The van der Waals surface area contributed by atoms with E-state index in [0.717, 1.165) is 31.5 Å². The number of aromatic amines is 1. The van der Waals surface area contributed by atoms with Gasteiger partial charge in [-0.15, -0.1) is 0 Å². The number of rotatable bonds is 6. The Morgan fingerprint density at radius 3 is 2.25 bits per heavy atom. The van der Waals surface area contributed by atoms with Crippen molar-refractivity contribution in [3.8, 4) is 0 Å². The molecule has 0 bridgehead atoms. The molecule has 28 heavy (non-hydrogen) atoms. The van der Waals surface area contributed by atoms with Gasteiger partial charge in [0.1, 0.15) is 12.7 Å². The molecular weight excluding hydrogens is 380 g/mol. The number of aliphatic hydroxyl groups is 1. The Bertz CT molecular complexity index is 873. The van der Waals surface area contributed by atoms with Gasteiger partial charge in [-0.05, 0) is 0 Å². The van der Waals surface area contributed by atoms with Crippen LogP contribution in [-0.4, -0.2) is 57.5 Å². The summed E-state index contributed by atoms with van der Waals surface area (Å²) < 4.78 is 21.8. The molecule has 4 atom stereocenters. The van der Waals surface area contributed by atoms with Crippen LogP contribution in [-0.2, 0) is 39.9 Å². The summed E-state index contributed by atoms with van der Waals surface area (Å²) in [5, 5.41) is 9.27. The van der Waals surface area contributed by atoms with Crippen LogP contribution >= 0.6 is 0 Å². The number of esters is 3. The largest absolute Gasteiger partial charge is 0.463 e. The van der Waals surface area contributed by atoms with Crippen LogP contribution in [0, 0.1) is 0 Å². The van der Waals surface area contributed by atoms with Gasteiger partial charge in [0.05, 0.1) is 12.2 Å². The lowest BCUT2D eigenvalue weighted by Crippen LogP contribution is -2.42. The molecule has 1 aliphatic rings. The third-order valence-corrected chi connectivity index (χ3v) is 3.83. The first kappa shape index (κ1) is 21.3. The molecule has 0 aliphatic carbocycles. The number of hydrogen-bond acceptors (Lipinski definition) is 10. The van der Waals surface area contributed by atoms with E-state index >= 15 is 0 Å². The van der Waals surface area contributed by atoms with E-state index in [0.29, 0.717) is 0 Å². The molecule has 1 aliphatic heterocycles. The molecule has 12 heteroatoms. The second-order valence-electron chi connectivity index (χ2n) is 5.99. The second-order valence-corrected chi connectivity index (χ2v) is 5.99. The second kappa shape index (κ2) is 8.80. The molecule has 1 aromatic heterocycles. The molecule has 0 radical (unpaired) electrons. The molecule has 1 saturated heterocycles. The highest BCUT2D eigenvalue weighted by atomic mass is 16.7. The highest BCUT2D eigenvalue weighted by Gasteiger charge is 2.51. The van der Waals surface area contributed by atoms with Crippen LogP contribution < -0.4 is 11.2 Å². The van der Waals surface area contributed by atoms with E-state index < -0.39 is 60.3 Å². The summed E-state index contributed by atoms with van der Waals surface area (Å²) in [6.07, 6.45) is -3.80. The SMILES string of the molecule is CC(=O)OC[C@H]1O[C@@H](n2cc(CO)c(=O)[nH]c2=O)[C@H](OC(C)=O)[C@@H]1OC(C)=O. The van der Waals surface area contributed by atoms with Crippen LogP contribution in [0.3, 0.4) is 0 Å². The number of nitrogens with one attached hydrogen (secondary N) is 1. The minimum Gasteiger partial charge on any atom is -0.463 e. The van der Waals surface area contributed by atoms with Crippen molar-refractivity contribution in [3.05, 3.63) is 32.6 Å². The van der Waals surface area contributed by atoms with E-state index in [1.165, 1.54) is 0 Å². The lowest BCUT2D eigenvalue weighted by atomic mass is 10.1. The van der Waals surface area contributed by atoms with Gasteiger partial charge in [-0.2, -0.15) is 0 Å². The van der Waals surface area contributed by atoms with Crippen LogP contribution in [0.1, 0.15) is 32.6 Å². The molecule has 0 spiro atoms. The average molecular weight is 400 g/mol. The Kier molecular flexibility index (Phi) is 6.70. The fourth-order valence-electron chi connectivity index (χ4n) is 2.75. The van der Waals surface area contributed by atoms with Gasteiger partial charge in [0.2, 0.25) is 0 Å². The Balaban J connectivity index is 2.49. The first-order valence-corrected chi connectivity index (χ1v) is 8.22.